The van der Waals surface area contributed by atoms with Crippen molar-refractivity contribution in [3.63, 3.8) is 0 Å². The molecule has 0 atom stereocenters. The van der Waals surface area contributed by atoms with Gasteiger partial charge in [0.15, 0.2) is 0 Å². The highest BCUT2D eigenvalue weighted by molar-refractivity contribution is 9.10. The maximum atomic E-state index is 12.3. The van der Waals surface area contributed by atoms with Crippen LogP contribution in [0.3, 0.4) is 0 Å². The molecule has 0 heterocycles. The zero-order valence-corrected chi connectivity index (χ0v) is 14.8. The van der Waals surface area contributed by atoms with Crippen molar-refractivity contribution < 1.29 is 9.59 Å². The normalized spacial score (nSPS) is 10.2. The molecule has 0 aliphatic carbocycles. The van der Waals surface area contributed by atoms with E-state index in [2.05, 4.69) is 21.2 Å². The van der Waals surface area contributed by atoms with E-state index in [0.29, 0.717) is 18.8 Å². The molecule has 0 unspecified atom stereocenters. The van der Waals surface area contributed by atoms with Crippen molar-refractivity contribution >= 4 is 33.4 Å². The molecule has 23 heavy (non-hydrogen) atoms. The average Bonchev–Trinajstić information content (AvgIpc) is 2.56. The second kappa shape index (κ2) is 7.92. The van der Waals surface area contributed by atoms with Gasteiger partial charge in [-0.05, 0) is 43.2 Å². The van der Waals surface area contributed by atoms with Gasteiger partial charge in [0.05, 0.1) is 0 Å². The molecular weight excluding hydrogens is 356 g/mol. The first-order chi connectivity index (χ1) is 11.0. The third-order valence-electron chi connectivity index (χ3n) is 3.50. The van der Waals surface area contributed by atoms with Crippen LogP contribution in [0.25, 0.3) is 0 Å². The minimum atomic E-state index is -0.621. The van der Waals surface area contributed by atoms with Crippen LogP contribution in [0.2, 0.25) is 0 Å². The standard InChI is InChI=1S/C18H19BrN2O2/c1-3-21(12-14-7-5-4-6-8-14)18(23)17(22)20-15-9-10-16(19)13(2)11-15/h4-11H,3,12H2,1-2H3,(H,20,22). The highest BCUT2D eigenvalue weighted by Gasteiger charge is 2.21. The SMILES string of the molecule is CCN(Cc1ccccc1)C(=O)C(=O)Nc1ccc(Br)c(C)c1. The van der Waals surface area contributed by atoms with Gasteiger partial charge in [-0.25, -0.2) is 0 Å². The van der Waals surface area contributed by atoms with Gasteiger partial charge in [0.2, 0.25) is 0 Å². The maximum absolute atomic E-state index is 12.3. The van der Waals surface area contributed by atoms with Crippen molar-refractivity contribution in [3.8, 4) is 0 Å². The molecule has 0 fully saturated rings. The Bertz CT molecular complexity index is 701. The van der Waals surface area contributed by atoms with Gasteiger partial charge < -0.3 is 10.2 Å². The van der Waals surface area contributed by atoms with E-state index >= 15 is 0 Å². The molecule has 0 radical (unpaired) electrons. The smallest absolute Gasteiger partial charge is 0.313 e. The number of likely N-dealkylation sites (N-methyl/N-ethyl adjacent to an activating group) is 1. The number of anilines is 1. The van der Waals surface area contributed by atoms with Gasteiger partial charge in [0.25, 0.3) is 0 Å². The van der Waals surface area contributed by atoms with E-state index in [-0.39, 0.29) is 0 Å². The average molecular weight is 375 g/mol. The summed E-state index contributed by atoms with van der Waals surface area (Å²) in [5.74, 6) is -1.15. The Kier molecular flexibility index (Phi) is 5.93. The zero-order valence-electron chi connectivity index (χ0n) is 13.2. The lowest BCUT2D eigenvalue weighted by molar-refractivity contribution is -0.143. The first-order valence-electron chi connectivity index (χ1n) is 7.41. The summed E-state index contributed by atoms with van der Waals surface area (Å²) in [6.45, 7) is 4.68. The number of amides is 2. The lowest BCUT2D eigenvalue weighted by Crippen LogP contribution is -2.39. The summed E-state index contributed by atoms with van der Waals surface area (Å²) in [5, 5.41) is 2.66. The topological polar surface area (TPSA) is 49.4 Å². The molecule has 0 saturated heterocycles. The van der Waals surface area contributed by atoms with E-state index in [9.17, 15) is 9.59 Å². The van der Waals surface area contributed by atoms with Crippen molar-refractivity contribution in [1.82, 2.24) is 4.90 Å². The molecule has 0 aromatic heterocycles. The number of carbonyl (C=O) groups excluding carboxylic acids is 2. The summed E-state index contributed by atoms with van der Waals surface area (Å²) >= 11 is 3.41. The second-order valence-electron chi connectivity index (χ2n) is 5.22. The highest BCUT2D eigenvalue weighted by Crippen LogP contribution is 2.20. The number of nitrogens with zero attached hydrogens (tertiary/aromatic N) is 1. The summed E-state index contributed by atoms with van der Waals surface area (Å²) in [6, 6.07) is 15.0. The number of hydrogen-bond acceptors (Lipinski definition) is 2. The van der Waals surface area contributed by atoms with Gasteiger partial charge in [0, 0.05) is 23.2 Å². The predicted molar refractivity (Wildman–Crippen MR) is 95.0 cm³/mol. The molecule has 2 rings (SSSR count). The van der Waals surface area contributed by atoms with Gasteiger partial charge in [-0.1, -0.05) is 46.3 Å². The number of nitrogens with one attached hydrogen (secondary N) is 1. The van der Waals surface area contributed by atoms with Crippen molar-refractivity contribution in [2.45, 2.75) is 20.4 Å². The predicted octanol–water partition coefficient (Wildman–Crippen LogP) is 3.74. The molecule has 0 aliphatic rings. The number of halogens is 1. The van der Waals surface area contributed by atoms with Gasteiger partial charge in [-0.2, -0.15) is 0 Å². The minimum Gasteiger partial charge on any atom is -0.330 e. The molecule has 0 saturated carbocycles. The third kappa shape index (κ3) is 4.66. The van der Waals surface area contributed by atoms with Gasteiger partial charge in [-0.15, -0.1) is 0 Å². The fourth-order valence-electron chi connectivity index (χ4n) is 2.18. The summed E-state index contributed by atoms with van der Waals surface area (Å²) < 4.78 is 0.959. The molecule has 2 aromatic carbocycles. The second-order valence-corrected chi connectivity index (χ2v) is 6.08. The Morgan fingerprint density at radius 1 is 1.13 bits per heavy atom. The van der Waals surface area contributed by atoms with Crippen LogP contribution < -0.4 is 5.32 Å². The van der Waals surface area contributed by atoms with Crippen LogP contribution in [-0.2, 0) is 16.1 Å². The number of hydrogen-bond donors (Lipinski definition) is 1. The zero-order chi connectivity index (χ0) is 16.8. The number of aryl methyl sites for hydroxylation is 1. The Hall–Kier alpha value is -2.14. The van der Waals surface area contributed by atoms with E-state index in [4.69, 9.17) is 0 Å². The van der Waals surface area contributed by atoms with Crippen LogP contribution in [0.1, 0.15) is 18.1 Å². The summed E-state index contributed by atoms with van der Waals surface area (Å²) in [4.78, 5) is 26.0. The Morgan fingerprint density at radius 2 is 1.83 bits per heavy atom. The summed E-state index contributed by atoms with van der Waals surface area (Å²) in [6.07, 6.45) is 0. The fourth-order valence-corrected chi connectivity index (χ4v) is 2.43. The third-order valence-corrected chi connectivity index (χ3v) is 4.38. The quantitative estimate of drug-likeness (QED) is 0.828. The van der Waals surface area contributed by atoms with E-state index < -0.39 is 11.8 Å². The van der Waals surface area contributed by atoms with Crippen LogP contribution in [0.4, 0.5) is 5.69 Å². The summed E-state index contributed by atoms with van der Waals surface area (Å²) in [7, 11) is 0. The van der Waals surface area contributed by atoms with E-state index in [1.165, 1.54) is 4.90 Å². The largest absolute Gasteiger partial charge is 0.330 e. The van der Waals surface area contributed by atoms with Crippen LogP contribution in [-0.4, -0.2) is 23.3 Å². The highest BCUT2D eigenvalue weighted by atomic mass is 79.9. The first-order valence-corrected chi connectivity index (χ1v) is 8.21. The van der Waals surface area contributed by atoms with Gasteiger partial charge in [0.1, 0.15) is 0 Å². The lowest BCUT2D eigenvalue weighted by atomic mass is 10.2. The molecule has 2 amide bonds. The Balaban J connectivity index is 2.04. The number of benzene rings is 2. The molecular formula is C18H19BrN2O2. The minimum absolute atomic E-state index is 0.420. The molecule has 5 heteroatoms. The van der Waals surface area contributed by atoms with Crippen LogP contribution in [0, 0.1) is 6.92 Å². The molecule has 4 nitrogen and oxygen atoms in total. The molecule has 1 N–H and O–H groups in total. The Labute approximate surface area is 144 Å². The van der Waals surface area contributed by atoms with E-state index in [1.807, 2.05) is 56.3 Å². The monoisotopic (exact) mass is 374 g/mol. The maximum Gasteiger partial charge on any atom is 0.313 e. The first kappa shape index (κ1) is 17.2. The lowest BCUT2D eigenvalue weighted by Gasteiger charge is -2.20. The van der Waals surface area contributed by atoms with Crippen LogP contribution >= 0.6 is 15.9 Å². The molecule has 120 valence electrons. The molecule has 0 aliphatic heterocycles. The fraction of sp³-hybridized carbons (Fsp3) is 0.222. The van der Waals surface area contributed by atoms with Crippen molar-refractivity contribution in [2.24, 2.45) is 0 Å². The van der Waals surface area contributed by atoms with Crippen molar-refractivity contribution in [2.75, 3.05) is 11.9 Å². The Morgan fingerprint density at radius 3 is 2.43 bits per heavy atom. The van der Waals surface area contributed by atoms with E-state index in [0.717, 1.165) is 15.6 Å². The molecule has 0 bridgehead atoms. The van der Waals surface area contributed by atoms with Crippen LogP contribution in [0.15, 0.2) is 53.0 Å². The van der Waals surface area contributed by atoms with E-state index in [1.54, 1.807) is 6.07 Å². The molecule has 2 aromatic rings. The van der Waals surface area contributed by atoms with Crippen molar-refractivity contribution in [3.05, 3.63) is 64.1 Å². The van der Waals surface area contributed by atoms with Gasteiger partial charge >= 0.3 is 11.8 Å². The van der Waals surface area contributed by atoms with Gasteiger partial charge in [-0.3, -0.25) is 9.59 Å². The number of rotatable bonds is 4. The molecule has 0 spiro atoms. The summed E-state index contributed by atoms with van der Waals surface area (Å²) in [5.41, 5.74) is 2.60. The van der Waals surface area contributed by atoms with Crippen LogP contribution in [0.5, 0.6) is 0 Å². The van der Waals surface area contributed by atoms with Crippen molar-refractivity contribution in [1.29, 1.82) is 0 Å². The number of carbonyl (C=O) groups is 2.